The molecule has 144 valence electrons. The Labute approximate surface area is 174 Å². The van der Waals surface area contributed by atoms with Gasteiger partial charge in [0.1, 0.15) is 0 Å². The number of hydrogen-bond acceptors (Lipinski definition) is 2. The van der Waals surface area contributed by atoms with Crippen molar-refractivity contribution in [2.75, 3.05) is 0 Å². The highest BCUT2D eigenvalue weighted by molar-refractivity contribution is 7.33. The third-order valence-corrected chi connectivity index (χ3v) is 7.53. The molecule has 0 saturated heterocycles. The van der Waals surface area contributed by atoms with E-state index in [0.29, 0.717) is 21.0 Å². The Hall–Kier alpha value is -2.83. The number of fused-ring (bicyclic) bond motifs is 2. The van der Waals surface area contributed by atoms with Crippen molar-refractivity contribution < 1.29 is 0 Å². The van der Waals surface area contributed by atoms with Crippen molar-refractivity contribution in [2.24, 2.45) is 0 Å². The molecule has 1 aliphatic heterocycles. The van der Waals surface area contributed by atoms with Gasteiger partial charge < -0.3 is 9.34 Å². The van der Waals surface area contributed by atoms with Crippen LogP contribution < -0.4 is 0 Å². The summed E-state index contributed by atoms with van der Waals surface area (Å²) in [6.07, 6.45) is 4.51. The summed E-state index contributed by atoms with van der Waals surface area (Å²) < 4.78 is 4.92. The first-order valence-electron chi connectivity index (χ1n) is 10.2. The van der Waals surface area contributed by atoms with Gasteiger partial charge in [-0.3, -0.25) is 0 Å². The second kappa shape index (κ2) is 7.54. The maximum absolute atomic E-state index is 2.46. The Balaban J connectivity index is 1.40. The Kier molecular flexibility index (Phi) is 4.73. The summed E-state index contributed by atoms with van der Waals surface area (Å²) in [7, 11) is 0.600. The van der Waals surface area contributed by atoms with Gasteiger partial charge in [0.25, 0.3) is 0 Å². The number of rotatable bonds is 4. The summed E-state index contributed by atoms with van der Waals surface area (Å²) in [6, 6.07) is 31.3. The third-order valence-electron chi connectivity index (χ3n) is 6.00. The molecule has 3 heteroatoms. The predicted molar refractivity (Wildman–Crippen MR) is 126 cm³/mol. The zero-order valence-corrected chi connectivity index (χ0v) is 17.8. The van der Waals surface area contributed by atoms with Crippen LogP contribution in [0.5, 0.6) is 0 Å². The minimum absolute atomic E-state index is 0.334. The van der Waals surface area contributed by atoms with Gasteiger partial charge in [-0.1, -0.05) is 84.9 Å². The van der Waals surface area contributed by atoms with Crippen LogP contribution in [-0.2, 0) is 0 Å². The molecular formula is C26H25N2P. The normalized spacial score (nSPS) is 15.9. The second-order valence-electron chi connectivity index (χ2n) is 7.70. The molecule has 0 aromatic heterocycles. The number of nitrogens with zero attached hydrogens (tertiary/aromatic N) is 2. The zero-order valence-electron chi connectivity index (χ0n) is 16.8. The summed E-state index contributed by atoms with van der Waals surface area (Å²) >= 11 is 0. The van der Waals surface area contributed by atoms with Crippen LogP contribution in [0.3, 0.4) is 0 Å². The van der Waals surface area contributed by atoms with Gasteiger partial charge in [-0.05, 0) is 46.5 Å². The van der Waals surface area contributed by atoms with Crippen molar-refractivity contribution in [3.8, 4) is 0 Å². The monoisotopic (exact) mass is 396 g/mol. The molecule has 4 aromatic rings. The fraction of sp³-hybridized carbons (Fsp3) is 0.154. The molecule has 0 bridgehead atoms. The van der Waals surface area contributed by atoms with E-state index >= 15 is 0 Å². The lowest BCUT2D eigenvalue weighted by atomic mass is 10.00. The van der Waals surface area contributed by atoms with Crippen molar-refractivity contribution in [1.29, 1.82) is 0 Å². The second-order valence-corrected chi connectivity index (χ2v) is 8.93. The minimum atomic E-state index is 0.334. The highest BCUT2D eigenvalue weighted by Crippen LogP contribution is 2.45. The molecule has 0 amide bonds. The van der Waals surface area contributed by atoms with Gasteiger partial charge in [-0.25, -0.2) is 0 Å². The van der Waals surface area contributed by atoms with E-state index in [1.54, 1.807) is 0 Å². The average molecular weight is 396 g/mol. The Morgan fingerprint density at radius 3 is 1.45 bits per heavy atom. The van der Waals surface area contributed by atoms with Crippen molar-refractivity contribution in [2.45, 2.75) is 25.9 Å². The van der Waals surface area contributed by atoms with Crippen molar-refractivity contribution in [1.82, 2.24) is 9.34 Å². The largest absolute Gasteiger partial charge is 0.334 e. The van der Waals surface area contributed by atoms with Crippen molar-refractivity contribution in [3.63, 3.8) is 0 Å². The van der Waals surface area contributed by atoms with Gasteiger partial charge in [-0.15, -0.1) is 0 Å². The molecule has 0 saturated carbocycles. The van der Waals surface area contributed by atoms with Gasteiger partial charge in [0.15, 0.2) is 0 Å². The summed E-state index contributed by atoms with van der Waals surface area (Å²) in [5.41, 5.74) is 2.78. The van der Waals surface area contributed by atoms with E-state index < -0.39 is 0 Å². The van der Waals surface area contributed by atoms with E-state index in [1.807, 2.05) is 0 Å². The zero-order chi connectivity index (χ0) is 19.8. The first kappa shape index (κ1) is 18.2. The van der Waals surface area contributed by atoms with Crippen LogP contribution >= 0.6 is 8.88 Å². The van der Waals surface area contributed by atoms with Crippen LogP contribution in [0.25, 0.3) is 21.5 Å². The molecule has 0 spiro atoms. The van der Waals surface area contributed by atoms with Gasteiger partial charge in [0, 0.05) is 12.4 Å². The lowest BCUT2D eigenvalue weighted by Crippen LogP contribution is -2.15. The molecule has 0 fully saturated rings. The highest BCUT2D eigenvalue weighted by atomic mass is 31.1. The van der Waals surface area contributed by atoms with Gasteiger partial charge in [0.2, 0.25) is 0 Å². The van der Waals surface area contributed by atoms with Crippen LogP contribution in [-0.4, -0.2) is 9.34 Å². The third kappa shape index (κ3) is 3.28. The summed E-state index contributed by atoms with van der Waals surface area (Å²) in [6.45, 7) is 4.62. The van der Waals surface area contributed by atoms with Crippen LogP contribution in [0.4, 0.5) is 0 Å². The van der Waals surface area contributed by atoms with E-state index in [-0.39, 0.29) is 0 Å². The summed E-state index contributed by atoms with van der Waals surface area (Å²) in [5, 5.41) is 5.32. The van der Waals surface area contributed by atoms with Crippen LogP contribution in [0.1, 0.15) is 37.1 Å². The van der Waals surface area contributed by atoms with Crippen molar-refractivity contribution in [3.05, 3.63) is 108 Å². The van der Waals surface area contributed by atoms with E-state index in [9.17, 15) is 0 Å². The van der Waals surface area contributed by atoms with E-state index in [4.69, 9.17) is 0 Å². The standard InChI is InChI=1S/C26H25N2P/c1-19(23-15-7-11-21-9-3-5-13-25(21)23)27-17-18-28(29-27)20(2)24-16-8-12-22-10-4-6-14-26(22)24/h3-20,29H,1-2H3/t19-,20-/m1/s1. The van der Waals surface area contributed by atoms with Gasteiger partial charge >= 0.3 is 0 Å². The fourth-order valence-electron chi connectivity index (χ4n) is 4.30. The van der Waals surface area contributed by atoms with Crippen LogP contribution in [0, 0.1) is 0 Å². The molecule has 0 N–H and O–H groups in total. The Bertz CT molecular complexity index is 1100. The topological polar surface area (TPSA) is 6.48 Å². The molecule has 1 aliphatic rings. The maximum atomic E-state index is 2.46. The minimum Gasteiger partial charge on any atom is -0.334 e. The summed E-state index contributed by atoms with van der Waals surface area (Å²) in [5.74, 6) is 0. The van der Waals surface area contributed by atoms with Crippen LogP contribution in [0.2, 0.25) is 0 Å². The van der Waals surface area contributed by atoms with Crippen molar-refractivity contribution >= 4 is 30.4 Å². The predicted octanol–water partition coefficient (Wildman–Crippen LogP) is 7.41. The maximum Gasteiger partial charge on any atom is 0.0801 e. The van der Waals surface area contributed by atoms with Gasteiger partial charge in [-0.2, -0.15) is 0 Å². The van der Waals surface area contributed by atoms with E-state index in [1.165, 1.54) is 32.7 Å². The first-order valence-corrected chi connectivity index (χ1v) is 11.1. The molecular weight excluding hydrogens is 371 g/mol. The smallest absolute Gasteiger partial charge is 0.0801 e. The SMILES string of the molecule is C[C@H](c1cccc2ccccc12)N1C=CN([C@H](C)c2cccc3ccccc23)P1. The summed E-state index contributed by atoms with van der Waals surface area (Å²) in [4.78, 5) is 0. The van der Waals surface area contributed by atoms with E-state index in [2.05, 4.69) is 121 Å². The lowest BCUT2D eigenvalue weighted by molar-refractivity contribution is 0.462. The highest BCUT2D eigenvalue weighted by Gasteiger charge is 2.25. The molecule has 4 aromatic carbocycles. The van der Waals surface area contributed by atoms with E-state index in [0.717, 1.165) is 0 Å². The molecule has 0 aliphatic carbocycles. The molecule has 29 heavy (non-hydrogen) atoms. The molecule has 0 unspecified atom stereocenters. The fourth-order valence-corrected chi connectivity index (χ4v) is 5.46. The molecule has 2 atom stereocenters. The molecule has 1 heterocycles. The Morgan fingerprint density at radius 1 is 0.552 bits per heavy atom. The Morgan fingerprint density at radius 2 is 0.966 bits per heavy atom. The van der Waals surface area contributed by atoms with Crippen LogP contribution in [0.15, 0.2) is 97.3 Å². The average Bonchev–Trinajstić information content (AvgIpc) is 3.28. The molecule has 5 rings (SSSR count). The van der Waals surface area contributed by atoms with Gasteiger partial charge in [0.05, 0.1) is 21.0 Å². The quantitative estimate of drug-likeness (QED) is 0.331. The molecule has 0 radical (unpaired) electrons. The lowest BCUT2D eigenvalue weighted by Gasteiger charge is -2.31. The first-order chi connectivity index (χ1) is 14.2. The number of benzene rings is 4. The molecule has 2 nitrogen and oxygen atoms in total. The number of hydrogen-bond donors (Lipinski definition) is 0.